The summed E-state index contributed by atoms with van der Waals surface area (Å²) in [5, 5.41) is 3.09. The number of hydrogen-bond donors (Lipinski definition) is 0. The van der Waals surface area contributed by atoms with Crippen molar-refractivity contribution in [3.8, 4) is 0 Å². The van der Waals surface area contributed by atoms with Crippen molar-refractivity contribution in [1.29, 1.82) is 0 Å². The minimum absolute atomic E-state index is 0. The molecular weight excluding hydrogens is 369 g/mol. The van der Waals surface area contributed by atoms with Crippen LogP contribution in [0.4, 0.5) is 0 Å². The minimum Gasteiger partial charge on any atom is -0.383 e. The first-order valence-electron chi connectivity index (χ1n) is 10.2. The Morgan fingerprint density at radius 3 is 1.96 bits per heavy atom. The molecule has 0 N–H and O–H groups in total. The third-order valence-corrected chi connectivity index (χ3v) is 14.6. The van der Waals surface area contributed by atoms with Crippen molar-refractivity contribution in [3.63, 3.8) is 0 Å². The van der Waals surface area contributed by atoms with Crippen molar-refractivity contribution in [1.82, 2.24) is 4.90 Å². The van der Waals surface area contributed by atoms with E-state index in [1.807, 2.05) is 7.11 Å². The third kappa shape index (κ3) is 5.72. The van der Waals surface area contributed by atoms with Gasteiger partial charge in [0.15, 0.2) is 0 Å². The SMILES string of the molecule is COC[C@@H]1CCCN1C[Si]([CH-][Si](C)(C)C)(c1ccccc1)c1ccccc1.[Li+]. The van der Waals surface area contributed by atoms with Crippen LogP contribution in [0.3, 0.4) is 0 Å². The molecule has 0 saturated carbocycles. The summed E-state index contributed by atoms with van der Waals surface area (Å²) >= 11 is 0. The zero-order chi connectivity index (χ0) is 19.3. The Labute approximate surface area is 185 Å². The van der Waals surface area contributed by atoms with Gasteiger partial charge in [-0.15, -0.1) is 8.07 Å². The van der Waals surface area contributed by atoms with E-state index in [1.165, 1.54) is 25.6 Å². The van der Waals surface area contributed by atoms with E-state index < -0.39 is 16.1 Å². The maximum Gasteiger partial charge on any atom is 1.00 e. The van der Waals surface area contributed by atoms with Crippen LogP contribution in [0.25, 0.3) is 0 Å². The maximum absolute atomic E-state index is 5.56. The Balaban J connectivity index is 0.00000280. The second kappa shape index (κ2) is 10.4. The maximum atomic E-state index is 5.56. The van der Waals surface area contributed by atoms with Gasteiger partial charge in [-0.3, -0.25) is 0 Å². The molecule has 0 radical (unpaired) electrons. The Kier molecular flexibility index (Phi) is 8.82. The van der Waals surface area contributed by atoms with Gasteiger partial charge in [0.25, 0.3) is 0 Å². The standard InChI is InChI=1S/C23H34NOSi2.Li/c1-25-18-21-12-11-17-24(21)19-27(20-26(2,3)4,22-13-7-5-8-14-22)23-15-9-6-10-16-23;/h5-10,13-16,20-21H,11-12,17-19H2,1-4H3;/q-1;+1/t21-;/m0./s1. The molecule has 1 saturated heterocycles. The molecule has 1 aliphatic heterocycles. The summed E-state index contributed by atoms with van der Waals surface area (Å²) in [7, 11) is -1.57. The van der Waals surface area contributed by atoms with Crippen LogP contribution in [0.2, 0.25) is 19.6 Å². The van der Waals surface area contributed by atoms with Gasteiger partial charge < -0.3 is 15.3 Å². The summed E-state index contributed by atoms with van der Waals surface area (Å²) < 4.78 is 5.56. The summed E-state index contributed by atoms with van der Waals surface area (Å²) in [5.41, 5.74) is 2.84. The van der Waals surface area contributed by atoms with Crippen molar-refractivity contribution in [2.75, 3.05) is 26.4 Å². The minimum atomic E-state index is -2.01. The van der Waals surface area contributed by atoms with E-state index in [0.29, 0.717) is 6.04 Å². The third-order valence-electron chi connectivity index (χ3n) is 5.57. The first-order valence-corrected chi connectivity index (χ1v) is 16.0. The molecule has 0 amide bonds. The summed E-state index contributed by atoms with van der Waals surface area (Å²) in [5.74, 6) is 0. The molecule has 5 heteroatoms. The molecule has 1 atom stereocenters. The molecule has 0 aromatic heterocycles. The molecule has 0 unspecified atom stereocenters. The van der Waals surface area contributed by atoms with Crippen molar-refractivity contribution in [2.24, 2.45) is 0 Å². The molecule has 0 aliphatic carbocycles. The Hall–Kier alpha value is -0.609. The predicted octanol–water partition coefficient (Wildman–Crippen LogP) is 0.524. The summed E-state index contributed by atoms with van der Waals surface area (Å²) in [6, 6.07) is 23.2. The van der Waals surface area contributed by atoms with Crippen LogP contribution in [-0.2, 0) is 4.74 Å². The number of methoxy groups -OCH3 is 1. The fourth-order valence-corrected chi connectivity index (χ4v) is 15.5. The van der Waals surface area contributed by atoms with Crippen LogP contribution in [0.1, 0.15) is 12.8 Å². The van der Waals surface area contributed by atoms with Gasteiger partial charge in [-0.25, -0.2) is 0 Å². The number of benzene rings is 2. The second-order valence-corrected chi connectivity index (χ2v) is 18.2. The smallest absolute Gasteiger partial charge is 0.383 e. The van der Waals surface area contributed by atoms with E-state index in [9.17, 15) is 0 Å². The molecule has 2 nitrogen and oxygen atoms in total. The topological polar surface area (TPSA) is 12.5 Å². The van der Waals surface area contributed by atoms with Gasteiger partial charge in [0.05, 0.1) is 6.61 Å². The molecule has 2 aromatic carbocycles. The van der Waals surface area contributed by atoms with Crippen LogP contribution in [0, 0.1) is 5.67 Å². The van der Waals surface area contributed by atoms with Gasteiger partial charge in [0, 0.05) is 13.2 Å². The van der Waals surface area contributed by atoms with Crippen molar-refractivity contribution < 1.29 is 23.6 Å². The van der Waals surface area contributed by atoms with Gasteiger partial charge in [0.2, 0.25) is 0 Å². The van der Waals surface area contributed by atoms with Gasteiger partial charge in [-0.1, -0.05) is 90.7 Å². The number of rotatable bonds is 8. The van der Waals surface area contributed by atoms with E-state index in [0.717, 1.165) is 6.61 Å². The number of hydrogen-bond acceptors (Lipinski definition) is 2. The Bertz CT molecular complexity index is 666. The molecule has 1 heterocycles. The van der Waals surface area contributed by atoms with E-state index in [1.54, 1.807) is 10.4 Å². The summed E-state index contributed by atoms with van der Waals surface area (Å²) in [6.07, 6.45) is 3.71. The number of ether oxygens (including phenoxy) is 1. The van der Waals surface area contributed by atoms with Crippen LogP contribution in [-0.4, -0.2) is 53.5 Å². The predicted molar refractivity (Wildman–Crippen MR) is 122 cm³/mol. The van der Waals surface area contributed by atoms with Crippen molar-refractivity contribution in [3.05, 3.63) is 66.3 Å². The Morgan fingerprint density at radius 1 is 0.964 bits per heavy atom. The Morgan fingerprint density at radius 2 is 1.50 bits per heavy atom. The molecule has 146 valence electrons. The average molecular weight is 404 g/mol. The normalized spacial score (nSPS) is 18.1. The van der Waals surface area contributed by atoms with Gasteiger partial charge >= 0.3 is 18.9 Å². The van der Waals surface area contributed by atoms with Gasteiger partial charge in [-0.2, -0.15) is 0 Å². The number of nitrogens with zero attached hydrogens (tertiary/aromatic N) is 1. The second-order valence-electron chi connectivity index (χ2n) is 8.94. The van der Waals surface area contributed by atoms with Gasteiger partial charge in [-0.05, 0) is 33.6 Å². The zero-order valence-corrected chi connectivity index (χ0v) is 20.3. The molecule has 28 heavy (non-hydrogen) atoms. The zero-order valence-electron chi connectivity index (χ0n) is 18.3. The van der Waals surface area contributed by atoms with Crippen LogP contribution < -0.4 is 29.2 Å². The van der Waals surface area contributed by atoms with Crippen LogP contribution in [0.5, 0.6) is 0 Å². The molecule has 1 aliphatic rings. The van der Waals surface area contributed by atoms with Gasteiger partial charge in [0.1, 0.15) is 0 Å². The molecular formula is C23H34LiNOSi2. The summed E-state index contributed by atoms with van der Waals surface area (Å²) in [4.78, 5) is 2.73. The van der Waals surface area contributed by atoms with Crippen molar-refractivity contribution >= 4 is 26.5 Å². The molecule has 3 rings (SSSR count). The quantitative estimate of drug-likeness (QED) is 0.471. The van der Waals surface area contributed by atoms with Crippen LogP contribution >= 0.6 is 0 Å². The fourth-order valence-electron chi connectivity index (χ4n) is 4.58. The van der Waals surface area contributed by atoms with Crippen molar-refractivity contribution in [2.45, 2.75) is 38.5 Å². The summed E-state index contributed by atoms with van der Waals surface area (Å²) in [6.45, 7) is 9.49. The van der Waals surface area contributed by atoms with E-state index >= 15 is 0 Å². The first-order chi connectivity index (χ1) is 12.9. The van der Waals surface area contributed by atoms with Crippen LogP contribution in [0.15, 0.2) is 60.7 Å². The average Bonchev–Trinajstić information content (AvgIpc) is 3.08. The molecule has 1 fully saturated rings. The largest absolute Gasteiger partial charge is 1.00 e. The van der Waals surface area contributed by atoms with E-state index in [2.05, 4.69) is 90.9 Å². The molecule has 0 spiro atoms. The first kappa shape index (κ1) is 23.7. The fraction of sp³-hybridized carbons (Fsp3) is 0.435. The monoisotopic (exact) mass is 403 g/mol. The van der Waals surface area contributed by atoms with E-state index in [4.69, 9.17) is 4.74 Å². The molecule has 2 aromatic rings. The van der Waals surface area contributed by atoms with E-state index in [-0.39, 0.29) is 18.9 Å². The molecule has 0 bridgehead atoms. The number of likely N-dealkylation sites (tertiary alicyclic amines) is 1.